The number of nitriles is 1. The first-order valence-corrected chi connectivity index (χ1v) is 11.1. The summed E-state index contributed by atoms with van der Waals surface area (Å²) in [7, 11) is -2.09. The number of nitrogens with zero attached hydrogens (tertiary/aromatic N) is 1. The largest absolute Gasteiger partial charge is 0.465 e. The Morgan fingerprint density at radius 3 is 2.06 bits per heavy atom. The molecule has 0 aliphatic carbocycles. The highest BCUT2D eigenvalue weighted by Crippen LogP contribution is 2.26. The van der Waals surface area contributed by atoms with Gasteiger partial charge in [-0.1, -0.05) is 12.1 Å². The molecule has 0 aliphatic rings. The van der Waals surface area contributed by atoms with Crippen LogP contribution in [0, 0.1) is 11.3 Å². The summed E-state index contributed by atoms with van der Waals surface area (Å²) < 4.78 is 42.5. The first kappa shape index (κ1) is 25.9. The summed E-state index contributed by atoms with van der Waals surface area (Å²) >= 11 is 0. The number of benzene rings is 2. The van der Waals surface area contributed by atoms with Gasteiger partial charge in [-0.05, 0) is 37.3 Å². The highest BCUT2D eigenvalue weighted by Gasteiger charge is 2.22. The fourth-order valence-electron chi connectivity index (χ4n) is 2.62. The van der Waals surface area contributed by atoms with Crippen LogP contribution in [-0.2, 0) is 29.0 Å². The molecule has 34 heavy (non-hydrogen) atoms. The van der Waals surface area contributed by atoms with E-state index in [0.717, 1.165) is 38.6 Å². The topological polar surface area (TPSA) is 161 Å². The van der Waals surface area contributed by atoms with Crippen molar-refractivity contribution in [3.05, 3.63) is 65.4 Å². The van der Waals surface area contributed by atoms with E-state index in [0.29, 0.717) is 0 Å². The van der Waals surface area contributed by atoms with Crippen LogP contribution >= 0.6 is 0 Å². The fraction of sp³-hybridized carbons (Fsp3) is 0.182. The Labute approximate surface area is 196 Å². The summed E-state index contributed by atoms with van der Waals surface area (Å²) in [5.41, 5.74) is -0.405. The predicted octanol–water partition coefficient (Wildman–Crippen LogP) is 2.44. The molecule has 0 bridgehead atoms. The number of esters is 3. The number of hydrogen-bond acceptors (Lipinski definition) is 10. The molecular weight excluding hydrogens is 466 g/mol. The van der Waals surface area contributed by atoms with E-state index in [4.69, 9.17) is 10.00 Å². The van der Waals surface area contributed by atoms with E-state index in [2.05, 4.69) is 19.5 Å². The van der Waals surface area contributed by atoms with Gasteiger partial charge in [-0.3, -0.25) is 4.72 Å². The Bertz CT molecular complexity index is 1250. The van der Waals surface area contributed by atoms with Gasteiger partial charge in [0.2, 0.25) is 0 Å². The van der Waals surface area contributed by atoms with Crippen molar-refractivity contribution < 1.29 is 37.0 Å². The summed E-state index contributed by atoms with van der Waals surface area (Å²) in [4.78, 5) is 35.3. The summed E-state index contributed by atoms with van der Waals surface area (Å²) in [5.74, 6) is -2.54. The highest BCUT2D eigenvalue weighted by atomic mass is 32.2. The minimum atomic E-state index is -4.32. The van der Waals surface area contributed by atoms with Crippen molar-refractivity contribution in [1.82, 2.24) is 0 Å². The van der Waals surface area contributed by atoms with Gasteiger partial charge in [-0.15, -0.1) is 0 Å². The number of carbonyl (C=O) groups is 3. The number of ether oxygens (including phenoxy) is 3. The van der Waals surface area contributed by atoms with E-state index in [9.17, 15) is 22.8 Å². The van der Waals surface area contributed by atoms with Crippen LogP contribution in [0.4, 0.5) is 11.4 Å². The summed E-state index contributed by atoms with van der Waals surface area (Å²) in [5, 5.41) is 11.8. The molecule has 12 heteroatoms. The molecule has 178 valence electrons. The fourth-order valence-corrected chi connectivity index (χ4v) is 3.77. The number of carbonyl (C=O) groups excluding carboxylic acids is 3. The smallest absolute Gasteiger partial charge is 0.350 e. The lowest BCUT2D eigenvalue weighted by molar-refractivity contribution is -0.138. The number of rotatable bonds is 9. The average Bonchev–Trinajstić information content (AvgIpc) is 2.84. The van der Waals surface area contributed by atoms with Gasteiger partial charge in [0.15, 0.2) is 5.57 Å². The molecule has 2 aromatic carbocycles. The van der Waals surface area contributed by atoms with E-state index in [1.54, 1.807) is 25.1 Å². The minimum Gasteiger partial charge on any atom is -0.465 e. The molecule has 11 nitrogen and oxygen atoms in total. The van der Waals surface area contributed by atoms with E-state index in [1.807, 2.05) is 0 Å². The minimum absolute atomic E-state index is 0.0583. The standard InChI is InChI=1S/C22H21N3O8S/c1-4-33-22(28)16(12-23)13-24-18-7-5-6-8-19(18)25-34(29,30)17-10-14(20(26)31-2)9-15(11-17)21(27)32-3/h5-11,13,24-25H,4H2,1-3H3/b16-13+. The predicted molar refractivity (Wildman–Crippen MR) is 120 cm³/mol. The van der Waals surface area contributed by atoms with Crippen molar-refractivity contribution in [2.75, 3.05) is 30.9 Å². The second kappa shape index (κ2) is 11.5. The van der Waals surface area contributed by atoms with E-state index < -0.39 is 32.8 Å². The molecule has 0 aromatic heterocycles. The van der Waals surface area contributed by atoms with Gasteiger partial charge < -0.3 is 19.5 Å². The van der Waals surface area contributed by atoms with Crippen molar-refractivity contribution in [2.45, 2.75) is 11.8 Å². The van der Waals surface area contributed by atoms with E-state index in [1.165, 1.54) is 12.1 Å². The maximum Gasteiger partial charge on any atom is 0.350 e. The van der Waals surface area contributed by atoms with Crippen LogP contribution in [0.1, 0.15) is 27.6 Å². The lowest BCUT2D eigenvalue weighted by Gasteiger charge is -2.14. The van der Waals surface area contributed by atoms with Crippen LogP contribution < -0.4 is 10.0 Å². The molecular formula is C22H21N3O8S. The first-order chi connectivity index (χ1) is 16.2. The maximum atomic E-state index is 13.1. The third-order valence-corrected chi connectivity index (χ3v) is 5.56. The average molecular weight is 487 g/mol. The molecule has 2 rings (SSSR count). The highest BCUT2D eigenvalue weighted by molar-refractivity contribution is 7.92. The van der Waals surface area contributed by atoms with Crippen LogP contribution in [0.3, 0.4) is 0 Å². The lowest BCUT2D eigenvalue weighted by atomic mass is 10.1. The SMILES string of the molecule is CCOC(=O)/C(C#N)=C/Nc1ccccc1NS(=O)(=O)c1cc(C(=O)OC)cc(C(=O)OC)c1. The number of methoxy groups -OCH3 is 2. The van der Waals surface area contributed by atoms with Crippen molar-refractivity contribution in [2.24, 2.45) is 0 Å². The second-order valence-corrected chi connectivity index (χ2v) is 8.10. The van der Waals surface area contributed by atoms with Crippen molar-refractivity contribution >= 4 is 39.3 Å². The van der Waals surface area contributed by atoms with Gasteiger partial charge in [0.25, 0.3) is 10.0 Å². The number of nitrogens with one attached hydrogen (secondary N) is 2. The van der Waals surface area contributed by atoms with Crippen molar-refractivity contribution in [3.63, 3.8) is 0 Å². The Kier molecular flexibility index (Phi) is 8.74. The van der Waals surface area contributed by atoms with Crippen LogP contribution in [0.2, 0.25) is 0 Å². The van der Waals surface area contributed by atoms with Crippen molar-refractivity contribution in [1.29, 1.82) is 5.26 Å². The zero-order valence-electron chi connectivity index (χ0n) is 18.4. The molecule has 0 unspecified atom stereocenters. The molecule has 2 N–H and O–H groups in total. The molecule has 0 spiro atoms. The van der Waals surface area contributed by atoms with Gasteiger partial charge in [-0.25, -0.2) is 22.8 Å². The number of para-hydroxylation sites is 2. The normalized spacial score (nSPS) is 11.1. The number of anilines is 2. The van der Waals surface area contributed by atoms with Gasteiger partial charge in [0, 0.05) is 6.20 Å². The third kappa shape index (κ3) is 6.33. The van der Waals surface area contributed by atoms with Crippen LogP contribution in [0.5, 0.6) is 0 Å². The quantitative estimate of drug-likeness (QED) is 0.233. The summed E-state index contributed by atoms with van der Waals surface area (Å²) in [6, 6.07) is 11.0. The lowest BCUT2D eigenvalue weighted by Crippen LogP contribution is -2.16. The number of sulfonamides is 1. The molecule has 0 atom stereocenters. The van der Waals surface area contributed by atoms with E-state index in [-0.39, 0.29) is 34.7 Å². The summed E-state index contributed by atoms with van der Waals surface area (Å²) in [6.45, 7) is 1.66. The molecule has 0 aliphatic heterocycles. The Morgan fingerprint density at radius 2 is 1.56 bits per heavy atom. The van der Waals surface area contributed by atoms with Gasteiger partial charge in [0.05, 0.1) is 48.2 Å². The zero-order chi connectivity index (χ0) is 25.3. The molecule has 2 aromatic rings. The van der Waals surface area contributed by atoms with Crippen LogP contribution in [0.15, 0.2) is 59.1 Å². The Morgan fingerprint density at radius 1 is 1.00 bits per heavy atom. The molecule has 0 radical (unpaired) electrons. The molecule has 0 heterocycles. The van der Waals surface area contributed by atoms with Crippen LogP contribution in [-0.4, -0.2) is 47.2 Å². The first-order valence-electron chi connectivity index (χ1n) is 9.64. The monoisotopic (exact) mass is 487 g/mol. The van der Waals surface area contributed by atoms with E-state index >= 15 is 0 Å². The Hall–Kier alpha value is -4.37. The Balaban J connectivity index is 2.45. The molecule has 0 fully saturated rings. The van der Waals surface area contributed by atoms with Crippen molar-refractivity contribution in [3.8, 4) is 6.07 Å². The molecule has 0 saturated carbocycles. The zero-order valence-corrected chi connectivity index (χ0v) is 19.3. The van der Waals surface area contributed by atoms with Gasteiger partial charge in [0.1, 0.15) is 6.07 Å². The third-order valence-electron chi connectivity index (χ3n) is 4.22. The van der Waals surface area contributed by atoms with Gasteiger partial charge in [-0.2, -0.15) is 5.26 Å². The number of hydrogen-bond donors (Lipinski definition) is 2. The van der Waals surface area contributed by atoms with Gasteiger partial charge >= 0.3 is 17.9 Å². The van der Waals surface area contributed by atoms with Crippen LogP contribution in [0.25, 0.3) is 0 Å². The molecule has 0 saturated heterocycles. The summed E-state index contributed by atoms with van der Waals surface area (Å²) in [6.07, 6.45) is 1.08. The second-order valence-electron chi connectivity index (χ2n) is 6.41. The maximum absolute atomic E-state index is 13.1. The molecule has 0 amide bonds.